The minimum absolute atomic E-state index is 0.168. The molecule has 0 fully saturated rings. The average molecular weight is 387 g/mol. The molecule has 26 heavy (non-hydrogen) atoms. The summed E-state index contributed by atoms with van der Waals surface area (Å²) in [6.45, 7) is 1.40. The maximum absolute atomic E-state index is 12.5. The van der Waals surface area contributed by atoms with E-state index in [1.165, 1.54) is 6.92 Å². The molecule has 2 aromatic carbocycles. The van der Waals surface area contributed by atoms with Gasteiger partial charge in [-0.2, -0.15) is 0 Å². The molecule has 1 N–H and O–H groups in total. The molecular formula is C19H12Cl2N2O3. The van der Waals surface area contributed by atoms with Gasteiger partial charge in [0.05, 0.1) is 21.7 Å². The van der Waals surface area contributed by atoms with Crippen molar-refractivity contribution in [2.24, 2.45) is 7.05 Å². The lowest BCUT2D eigenvalue weighted by Crippen LogP contribution is -2.20. The van der Waals surface area contributed by atoms with Crippen LogP contribution in [0, 0.1) is 0 Å². The number of rotatable bonds is 2. The number of imide groups is 1. The predicted molar refractivity (Wildman–Crippen MR) is 100 cm³/mol. The van der Waals surface area contributed by atoms with Crippen LogP contribution in [0.2, 0.25) is 10.0 Å². The molecule has 0 unspecified atom stereocenters. The van der Waals surface area contributed by atoms with Gasteiger partial charge in [-0.1, -0.05) is 41.4 Å². The highest BCUT2D eigenvalue weighted by Gasteiger charge is 2.35. The van der Waals surface area contributed by atoms with E-state index in [9.17, 15) is 14.4 Å². The highest BCUT2D eigenvalue weighted by atomic mass is 35.5. The van der Waals surface area contributed by atoms with E-state index in [4.69, 9.17) is 23.2 Å². The molecule has 0 spiro atoms. The van der Waals surface area contributed by atoms with E-state index in [0.717, 1.165) is 0 Å². The fourth-order valence-electron chi connectivity index (χ4n) is 3.52. The summed E-state index contributed by atoms with van der Waals surface area (Å²) in [5.41, 5.74) is 2.41. The Balaban J connectivity index is 2.23. The molecule has 5 nitrogen and oxygen atoms in total. The predicted octanol–water partition coefficient (Wildman–Crippen LogP) is 4.24. The van der Waals surface area contributed by atoms with Crippen LogP contribution < -0.4 is 5.32 Å². The Morgan fingerprint density at radius 3 is 2.35 bits per heavy atom. The van der Waals surface area contributed by atoms with E-state index in [-0.39, 0.29) is 27.6 Å². The zero-order valence-electron chi connectivity index (χ0n) is 13.8. The molecule has 1 aliphatic rings. The van der Waals surface area contributed by atoms with Gasteiger partial charge in [-0.25, -0.2) is 0 Å². The quantitative estimate of drug-likeness (QED) is 0.528. The number of carbonyl (C=O) groups excluding carboxylic acids is 3. The van der Waals surface area contributed by atoms with E-state index in [1.54, 1.807) is 41.9 Å². The second-order valence-corrected chi connectivity index (χ2v) is 6.89. The maximum Gasteiger partial charge on any atom is 0.259 e. The number of carbonyl (C=O) groups is 3. The van der Waals surface area contributed by atoms with Gasteiger partial charge in [-0.3, -0.25) is 19.7 Å². The highest BCUT2D eigenvalue weighted by molar-refractivity contribution is 6.42. The zero-order chi connectivity index (χ0) is 18.7. The molecule has 0 radical (unpaired) electrons. The third kappa shape index (κ3) is 2.14. The van der Waals surface area contributed by atoms with Crippen molar-refractivity contribution in [3.63, 3.8) is 0 Å². The Morgan fingerprint density at radius 1 is 1.04 bits per heavy atom. The van der Waals surface area contributed by atoms with Crippen LogP contribution in [0.25, 0.3) is 22.0 Å². The molecule has 0 aliphatic carbocycles. The Kier molecular flexibility index (Phi) is 3.68. The molecule has 0 saturated carbocycles. The maximum atomic E-state index is 12.5. The van der Waals surface area contributed by atoms with Crippen LogP contribution in [0.1, 0.15) is 38.1 Å². The number of amides is 2. The van der Waals surface area contributed by atoms with Crippen LogP contribution in [0.15, 0.2) is 30.3 Å². The van der Waals surface area contributed by atoms with Crippen molar-refractivity contribution in [3.8, 4) is 11.1 Å². The summed E-state index contributed by atoms with van der Waals surface area (Å²) in [5, 5.41) is 3.33. The van der Waals surface area contributed by atoms with E-state index in [2.05, 4.69) is 5.32 Å². The summed E-state index contributed by atoms with van der Waals surface area (Å²) in [5.74, 6) is -1.27. The number of Topliss-reactive ketones (excluding diaryl/α,β-unsaturated/α-hetero) is 1. The van der Waals surface area contributed by atoms with Gasteiger partial charge in [0, 0.05) is 29.9 Å². The highest BCUT2D eigenvalue weighted by Crippen LogP contribution is 2.42. The summed E-state index contributed by atoms with van der Waals surface area (Å²) in [7, 11) is 1.70. The normalized spacial score (nSPS) is 13.2. The zero-order valence-corrected chi connectivity index (χ0v) is 15.3. The van der Waals surface area contributed by atoms with Gasteiger partial charge >= 0.3 is 0 Å². The van der Waals surface area contributed by atoms with Crippen molar-refractivity contribution < 1.29 is 14.4 Å². The molecule has 130 valence electrons. The fraction of sp³-hybridized carbons (Fsp3) is 0.105. The van der Waals surface area contributed by atoms with Crippen LogP contribution in [-0.4, -0.2) is 22.2 Å². The fourth-order valence-corrected chi connectivity index (χ4v) is 4.20. The molecule has 3 aromatic rings. The number of nitrogens with zero attached hydrogens (tertiary/aromatic N) is 1. The van der Waals surface area contributed by atoms with E-state index in [1.807, 2.05) is 0 Å². The SMILES string of the molecule is CC(=O)c1c(Cl)c2c3c(c(-c4ccccc4Cl)cc2n1C)C(=O)NC3=O. The summed E-state index contributed by atoms with van der Waals surface area (Å²) in [4.78, 5) is 37.0. The molecule has 2 heterocycles. The molecule has 0 bridgehead atoms. The first kappa shape index (κ1) is 16.8. The summed E-state index contributed by atoms with van der Waals surface area (Å²) >= 11 is 12.7. The number of aromatic nitrogens is 1. The van der Waals surface area contributed by atoms with Crippen molar-refractivity contribution in [2.45, 2.75) is 6.92 Å². The molecular weight excluding hydrogens is 375 g/mol. The molecule has 4 rings (SSSR count). The van der Waals surface area contributed by atoms with E-state index in [0.29, 0.717) is 27.1 Å². The van der Waals surface area contributed by atoms with Crippen molar-refractivity contribution in [1.82, 2.24) is 9.88 Å². The lowest BCUT2D eigenvalue weighted by molar-refractivity contribution is 0.0879. The Morgan fingerprint density at radius 2 is 1.69 bits per heavy atom. The van der Waals surface area contributed by atoms with Crippen molar-refractivity contribution >= 4 is 51.7 Å². The number of fused-ring (bicyclic) bond motifs is 3. The summed E-state index contributed by atoms with van der Waals surface area (Å²) < 4.78 is 1.64. The lowest BCUT2D eigenvalue weighted by Gasteiger charge is -2.10. The Labute approximate surface area is 158 Å². The van der Waals surface area contributed by atoms with E-state index >= 15 is 0 Å². The second-order valence-electron chi connectivity index (χ2n) is 6.11. The standard InChI is InChI=1S/C19H12Cl2N2O3/c1-8(24)17-16(21)14-12(23(17)2)7-10(9-5-3-4-6-11(9)20)13-15(14)19(26)22-18(13)25/h3-7H,1-2H3,(H,22,25,26). The minimum atomic E-state index is -0.536. The number of halogens is 2. The third-order valence-electron chi connectivity index (χ3n) is 4.61. The topological polar surface area (TPSA) is 68.2 Å². The molecule has 1 aliphatic heterocycles. The number of benzene rings is 2. The van der Waals surface area contributed by atoms with Crippen LogP contribution in [-0.2, 0) is 7.05 Å². The third-order valence-corrected chi connectivity index (χ3v) is 5.31. The van der Waals surface area contributed by atoms with Crippen LogP contribution in [0.4, 0.5) is 0 Å². The van der Waals surface area contributed by atoms with Gasteiger partial charge in [0.2, 0.25) is 0 Å². The van der Waals surface area contributed by atoms with Crippen molar-refractivity contribution in [3.05, 3.63) is 57.2 Å². The van der Waals surface area contributed by atoms with Gasteiger partial charge in [-0.15, -0.1) is 0 Å². The van der Waals surface area contributed by atoms with Gasteiger partial charge in [0.1, 0.15) is 5.69 Å². The molecule has 0 atom stereocenters. The number of hydrogen-bond acceptors (Lipinski definition) is 3. The van der Waals surface area contributed by atoms with Crippen molar-refractivity contribution in [2.75, 3.05) is 0 Å². The first-order chi connectivity index (χ1) is 12.3. The average Bonchev–Trinajstić information content (AvgIpc) is 3.01. The first-order valence-electron chi connectivity index (χ1n) is 7.79. The largest absolute Gasteiger partial charge is 0.340 e. The van der Waals surface area contributed by atoms with Crippen LogP contribution in [0.3, 0.4) is 0 Å². The van der Waals surface area contributed by atoms with Crippen LogP contribution >= 0.6 is 23.2 Å². The minimum Gasteiger partial charge on any atom is -0.340 e. The Hall–Kier alpha value is -2.63. The van der Waals surface area contributed by atoms with Crippen LogP contribution in [0.5, 0.6) is 0 Å². The van der Waals surface area contributed by atoms with Gasteiger partial charge < -0.3 is 4.57 Å². The number of ketones is 1. The van der Waals surface area contributed by atoms with Gasteiger partial charge in [0.15, 0.2) is 5.78 Å². The summed E-state index contributed by atoms with van der Waals surface area (Å²) in [6.07, 6.45) is 0. The molecule has 2 amide bonds. The number of aryl methyl sites for hydroxylation is 1. The number of nitrogens with one attached hydrogen (secondary N) is 1. The monoisotopic (exact) mass is 386 g/mol. The lowest BCUT2D eigenvalue weighted by atomic mass is 9.94. The second kappa shape index (κ2) is 5.69. The molecule has 0 saturated heterocycles. The molecule has 1 aromatic heterocycles. The number of hydrogen-bond donors (Lipinski definition) is 1. The summed E-state index contributed by atoms with van der Waals surface area (Å²) in [6, 6.07) is 8.80. The smallest absolute Gasteiger partial charge is 0.259 e. The molecule has 7 heteroatoms. The Bertz CT molecular complexity index is 1160. The van der Waals surface area contributed by atoms with E-state index < -0.39 is 11.8 Å². The van der Waals surface area contributed by atoms with Gasteiger partial charge in [-0.05, 0) is 17.7 Å². The van der Waals surface area contributed by atoms with Gasteiger partial charge in [0.25, 0.3) is 11.8 Å². The first-order valence-corrected chi connectivity index (χ1v) is 8.55. The van der Waals surface area contributed by atoms with Crippen molar-refractivity contribution in [1.29, 1.82) is 0 Å².